The van der Waals surface area contributed by atoms with Crippen molar-refractivity contribution >= 4 is 45.1 Å². The highest BCUT2D eigenvalue weighted by atomic mass is 32.2. The van der Waals surface area contributed by atoms with Gasteiger partial charge >= 0.3 is 5.91 Å². The van der Waals surface area contributed by atoms with E-state index >= 15 is 0 Å². The van der Waals surface area contributed by atoms with E-state index in [9.17, 15) is 9.59 Å². The Balaban J connectivity index is 1.60. The first-order valence-electron chi connectivity index (χ1n) is 7.02. The van der Waals surface area contributed by atoms with Gasteiger partial charge in [0.05, 0.1) is 12.0 Å². The highest BCUT2D eigenvalue weighted by Gasteiger charge is 2.14. The first kappa shape index (κ1) is 16.5. The first-order chi connectivity index (χ1) is 11.6. The number of hydrogen-bond donors (Lipinski definition) is 2. The predicted octanol–water partition coefficient (Wildman–Crippen LogP) is 2.45. The second kappa shape index (κ2) is 7.02. The number of carbonyl (C=O) groups is 2. The predicted molar refractivity (Wildman–Crippen MR) is 91.9 cm³/mol. The summed E-state index contributed by atoms with van der Waals surface area (Å²) in [7, 11) is 0. The van der Waals surface area contributed by atoms with Gasteiger partial charge in [0.25, 0.3) is 0 Å². The molecule has 7 nitrogen and oxygen atoms in total. The molecule has 3 aromatic heterocycles. The Morgan fingerprint density at radius 2 is 2.12 bits per heavy atom. The zero-order valence-electron chi connectivity index (χ0n) is 13.0. The number of nitrogens with zero attached hydrogens (tertiary/aromatic N) is 2. The lowest BCUT2D eigenvalue weighted by Crippen LogP contribution is -2.42. The molecule has 0 saturated carbocycles. The molecule has 3 aromatic rings. The van der Waals surface area contributed by atoms with Crippen molar-refractivity contribution in [3.05, 3.63) is 40.9 Å². The summed E-state index contributed by atoms with van der Waals surface area (Å²) in [5.41, 5.74) is 5.78. The lowest BCUT2D eigenvalue weighted by Gasteiger charge is -2.06. The number of aromatic nitrogens is 2. The van der Waals surface area contributed by atoms with Gasteiger partial charge in [-0.05, 0) is 31.5 Å². The number of hydrazine groups is 1. The summed E-state index contributed by atoms with van der Waals surface area (Å²) < 4.78 is 4.94. The Kier molecular flexibility index (Phi) is 4.81. The molecule has 0 bridgehead atoms. The molecule has 0 radical (unpaired) electrons. The Labute approximate surface area is 145 Å². The summed E-state index contributed by atoms with van der Waals surface area (Å²) in [5, 5.41) is 1.74. The average molecular weight is 362 g/mol. The normalized spacial score (nSPS) is 10.8. The van der Waals surface area contributed by atoms with Gasteiger partial charge in [0.2, 0.25) is 5.91 Å². The maximum absolute atomic E-state index is 11.9. The Morgan fingerprint density at radius 1 is 1.29 bits per heavy atom. The van der Waals surface area contributed by atoms with E-state index in [-0.39, 0.29) is 17.4 Å². The lowest BCUT2D eigenvalue weighted by molar-refractivity contribution is -0.119. The molecule has 3 heterocycles. The molecule has 0 unspecified atom stereocenters. The van der Waals surface area contributed by atoms with Crippen molar-refractivity contribution in [1.29, 1.82) is 0 Å². The van der Waals surface area contributed by atoms with Crippen LogP contribution < -0.4 is 10.9 Å². The molecule has 0 spiro atoms. The quantitative estimate of drug-likeness (QED) is 0.420. The number of rotatable bonds is 4. The average Bonchev–Trinajstić information content (AvgIpc) is 3.20. The van der Waals surface area contributed by atoms with Gasteiger partial charge < -0.3 is 4.42 Å². The zero-order chi connectivity index (χ0) is 17.1. The lowest BCUT2D eigenvalue weighted by atomic mass is 10.2. The molecule has 0 aliphatic heterocycles. The Bertz CT molecular complexity index is 890. The van der Waals surface area contributed by atoms with E-state index in [4.69, 9.17) is 4.42 Å². The zero-order valence-corrected chi connectivity index (χ0v) is 14.6. The monoisotopic (exact) mass is 362 g/mol. The fraction of sp³-hybridized carbons (Fsp3) is 0.200. The minimum Gasteiger partial charge on any atom is -0.459 e. The maximum atomic E-state index is 11.9. The fourth-order valence-corrected chi connectivity index (χ4v) is 3.94. The molecular weight excluding hydrogens is 348 g/mol. The van der Waals surface area contributed by atoms with Crippen LogP contribution in [0.2, 0.25) is 0 Å². The number of thiophene rings is 1. The van der Waals surface area contributed by atoms with Crippen molar-refractivity contribution in [2.24, 2.45) is 0 Å². The summed E-state index contributed by atoms with van der Waals surface area (Å²) in [6, 6.07) is 3.10. The summed E-state index contributed by atoms with van der Waals surface area (Å²) in [6.45, 7) is 4.05. The van der Waals surface area contributed by atoms with Gasteiger partial charge in [-0.15, -0.1) is 11.3 Å². The molecule has 0 fully saturated rings. The van der Waals surface area contributed by atoms with Crippen LogP contribution in [0.3, 0.4) is 0 Å². The third kappa shape index (κ3) is 3.41. The molecule has 3 rings (SSSR count). The third-order valence-corrected chi connectivity index (χ3v) is 5.44. The summed E-state index contributed by atoms with van der Waals surface area (Å²) >= 11 is 2.91. The van der Waals surface area contributed by atoms with E-state index in [1.54, 1.807) is 17.4 Å². The summed E-state index contributed by atoms with van der Waals surface area (Å²) in [6.07, 6.45) is 2.88. The van der Waals surface area contributed by atoms with Crippen molar-refractivity contribution in [3.8, 4) is 0 Å². The van der Waals surface area contributed by atoms with Crippen LogP contribution in [0, 0.1) is 13.8 Å². The largest absolute Gasteiger partial charge is 0.459 e. The smallest absolute Gasteiger partial charge is 0.305 e. The van der Waals surface area contributed by atoms with Gasteiger partial charge in [0.15, 0.2) is 5.76 Å². The number of nitrogens with one attached hydrogen (secondary N) is 2. The number of fused-ring (bicyclic) bond motifs is 1. The minimum absolute atomic E-state index is 0.124. The second-order valence-corrected chi connectivity index (χ2v) is 7.08. The number of aryl methyl sites for hydroxylation is 2. The van der Waals surface area contributed by atoms with Crippen LogP contribution in [0.4, 0.5) is 0 Å². The van der Waals surface area contributed by atoms with Gasteiger partial charge in [-0.2, -0.15) is 0 Å². The number of furan rings is 1. The van der Waals surface area contributed by atoms with Gasteiger partial charge in [-0.25, -0.2) is 9.97 Å². The molecule has 0 aromatic carbocycles. The molecule has 0 aliphatic carbocycles. The van der Waals surface area contributed by atoms with Gasteiger partial charge in [0, 0.05) is 10.3 Å². The van der Waals surface area contributed by atoms with Crippen LogP contribution in [-0.2, 0) is 4.79 Å². The van der Waals surface area contributed by atoms with Crippen molar-refractivity contribution in [3.63, 3.8) is 0 Å². The topological polar surface area (TPSA) is 97.1 Å². The number of amides is 2. The van der Waals surface area contributed by atoms with E-state index in [1.165, 1.54) is 35.3 Å². The van der Waals surface area contributed by atoms with Crippen LogP contribution in [0.1, 0.15) is 21.0 Å². The van der Waals surface area contributed by atoms with Crippen LogP contribution in [0.25, 0.3) is 10.2 Å². The molecule has 0 aliphatic rings. The number of thioether (sulfide) groups is 1. The van der Waals surface area contributed by atoms with Crippen molar-refractivity contribution in [2.45, 2.75) is 18.9 Å². The summed E-state index contributed by atoms with van der Waals surface area (Å²) in [5.74, 6) is -0.591. The minimum atomic E-state index is -0.507. The van der Waals surface area contributed by atoms with Gasteiger partial charge in [-0.3, -0.25) is 20.4 Å². The van der Waals surface area contributed by atoms with E-state index in [0.717, 1.165) is 20.8 Å². The SMILES string of the molecule is Cc1sc2ncnc(SCC(=O)NNC(=O)c3ccco3)c2c1C. The highest BCUT2D eigenvalue weighted by molar-refractivity contribution is 8.00. The van der Waals surface area contributed by atoms with E-state index in [2.05, 4.69) is 20.8 Å². The van der Waals surface area contributed by atoms with Crippen LogP contribution in [0.15, 0.2) is 34.2 Å². The molecule has 124 valence electrons. The molecule has 2 N–H and O–H groups in total. The van der Waals surface area contributed by atoms with Crippen LogP contribution >= 0.6 is 23.1 Å². The van der Waals surface area contributed by atoms with Crippen molar-refractivity contribution < 1.29 is 14.0 Å². The molecule has 9 heteroatoms. The standard InChI is InChI=1S/C15H14N4O3S2/c1-8-9(2)24-15-12(8)14(16-7-17-15)23-6-11(20)18-19-13(21)10-4-3-5-22-10/h3-5,7H,6H2,1-2H3,(H,18,20)(H,19,21). The Morgan fingerprint density at radius 3 is 2.88 bits per heavy atom. The molecule has 2 amide bonds. The fourth-order valence-electron chi connectivity index (χ4n) is 2.03. The van der Waals surface area contributed by atoms with E-state index in [1.807, 2.05) is 13.8 Å². The maximum Gasteiger partial charge on any atom is 0.305 e. The van der Waals surface area contributed by atoms with Crippen LogP contribution in [-0.4, -0.2) is 27.5 Å². The first-order valence-corrected chi connectivity index (χ1v) is 8.82. The van der Waals surface area contributed by atoms with Crippen molar-refractivity contribution in [2.75, 3.05) is 5.75 Å². The van der Waals surface area contributed by atoms with E-state index in [0.29, 0.717) is 0 Å². The third-order valence-electron chi connectivity index (χ3n) is 3.33. The highest BCUT2D eigenvalue weighted by Crippen LogP contribution is 2.34. The van der Waals surface area contributed by atoms with Gasteiger partial charge in [-0.1, -0.05) is 11.8 Å². The summed E-state index contributed by atoms with van der Waals surface area (Å²) in [4.78, 5) is 34.2. The van der Waals surface area contributed by atoms with E-state index < -0.39 is 5.91 Å². The molecule has 0 saturated heterocycles. The molecule has 24 heavy (non-hydrogen) atoms. The van der Waals surface area contributed by atoms with Gasteiger partial charge in [0.1, 0.15) is 16.2 Å². The van der Waals surface area contributed by atoms with Crippen LogP contribution in [0.5, 0.6) is 0 Å². The second-order valence-electron chi connectivity index (χ2n) is 4.91. The molecule has 0 atom stereocenters. The molecular formula is C15H14N4O3S2. The van der Waals surface area contributed by atoms with Crippen molar-refractivity contribution in [1.82, 2.24) is 20.8 Å². The number of carbonyl (C=O) groups excluding carboxylic acids is 2. The number of hydrogen-bond acceptors (Lipinski definition) is 7. The Hall–Kier alpha value is -2.39.